The fraction of sp³-hybridized carbons (Fsp3) is 0. The van der Waals surface area contributed by atoms with Crippen molar-refractivity contribution in [1.29, 1.82) is 0 Å². The molecule has 0 radical (unpaired) electrons. The number of carbonyl (C=O) groups excluding carboxylic acids is 1. The van der Waals surface area contributed by atoms with Crippen LogP contribution in [0.3, 0.4) is 0 Å². The van der Waals surface area contributed by atoms with Crippen LogP contribution in [0.4, 0.5) is 4.39 Å². The molecule has 0 atom stereocenters. The number of rotatable bonds is 1. The van der Waals surface area contributed by atoms with Gasteiger partial charge in [0.15, 0.2) is 5.76 Å². The number of phenolic OH excluding ortho intramolecular Hbond substituents is 1. The maximum Gasteiger partial charge on any atom is 0.231 e. The maximum atomic E-state index is 13.5. The molecular weight excluding hydrogens is 247 g/mol. The lowest BCUT2D eigenvalue weighted by Crippen LogP contribution is -1.98. The van der Waals surface area contributed by atoms with Gasteiger partial charge in [-0.25, -0.2) is 4.39 Å². The molecule has 1 heterocycles. The quantitative estimate of drug-likeness (QED) is 0.797. The summed E-state index contributed by atoms with van der Waals surface area (Å²) in [7, 11) is 0. The highest BCUT2D eigenvalue weighted by molar-refractivity contribution is 6.14. The van der Waals surface area contributed by atoms with E-state index >= 15 is 0 Å². The van der Waals surface area contributed by atoms with E-state index in [1.807, 2.05) is 0 Å². The lowest BCUT2D eigenvalue weighted by molar-refractivity contribution is 0.101. The summed E-state index contributed by atoms with van der Waals surface area (Å²) in [6.45, 7) is 0. The van der Waals surface area contributed by atoms with Gasteiger partial charge >= 0.3 is 0 Å². The minimum atomic E-state index is -0.426. The highest BCUT2D eigenvalue weighted by Gasteiger charge is 2.27. The zero-order valence-electron chi connectivity index (χ0n) is 9.76. The van der Waals surface area contributed by atoms with Crippen LogP contribution in [0.1, 0.15) is 15.9 Å². The molecule has 3 rings (SSSR count). The van der Waals surface area contributed by atoms with Crippen LogP contribution in [-0.2, 0) is 0 Å². The van der Waals surface area contributed by atoms with Gasteiger partial charge in [0, 0.05) is 11.6 Å². The molecule has 94 valence electrons. The molecule has 1 N–H and O–H groups in total. The SMILES string of the molecule is O=C1/C(=C\c2ccccc2F)Oc2cc(O)ccc21. The van der Waals surface area contributed by atoms with Crippen molar-refractivity contribution in [2.24, 2.45) is 0 Å². The Balaban J connectivity index is 2.02. The highest BCUT2D eigenvalue weighted by atomic mass is 19.1. The van der Waals surface area contributed by atoms with E-state index in [0.29, 0.717) is 5.56 Å². The molecule has 0 unspecified atom stereocenters. The van der Waals surface area contributed by atoms with E-state index in [1.54, 1.807) is 18.2 Å². The van der Waals surface area contributed by atoms with Crippen LogP contribution in [0.5, 0.6) is 11.5 Å². The summed E-state index contributed by atoms with van der Waals surface area (Å²) in [4.78, 5) is 12.0. The van der Waals surface area contributed by atoms with Crippen molar-refractivity contribution < 1.29 is 19.0 Å². The van der Waals surface area contributed by atoms with E-state index in [0.717, 1.165) is 0 Å². The molecule has 1 aliphatic rings. The predicted molar refractivity (Wildman–Crippen MR) is 67.4 cm³/mol. The monoisotopic (exact) mass is 256 g/mol. The van der Waals surface area contributed by atoms with Gasteiger partial charge in [0.2, 0.25) is 5.78 Å². The van der Waals surface area contributed by atoms with E-state index in [4.69, 9.17) is 4.74 Å². The Hall–Kier alpha value is -2.62. The lowest BCUT2D eigenvalue weighted by atomic mass is 10.1. The second kappa shape index (κ2) is 4.24. The van der Waals surface area contributed by atoms with E-state index < -0.39 is 5.82 Å². The Kier molecular flexibility index (Phi) is 2.56. The first kappa shape index (κ1) is 11.5. The number of allylic oxidation sites excluding steroid dienone is 1. The van der Waals surface area contributed by atoms with Crippen LogP contribution in [-0.4, -0.2) is 10.9 Å². The third-order valence-corrected chi connectivity index (χ3v) is 2.85. The van der Waals surface area contributed by atoms with Crippen molar-refractivity contribution in [2.45, 2.75) is 0 Å². The van der Waals surface area contributed by atoms with Gasteiger partial charge in [-0.2, -0.15) is 0 Å². The molecule has 0 aliphatic carbocycles. The molecule has 3 nitrogen and oxygen atoms in total. The first-order chi connectivity index (χ1) is 9.15. The summed E-state index contributed by atoms with van der Waals surface area (Å²) >= 11 is 0. The molecular formula is C15H9FO3. The summed E-state index contributed by atoms with van der Waals surface area (Å²) in [6, 6.07) is 10.4. The summed E-state index contributed by atoms with van der Waals surface area (Å²) in [6.07, 6.45) is 1.36. The number of hydrogen-bond donors (Lipinski definition) is 1. The minimum Gasteiger partial charge on any atom is -0.508 e. The van der Waals surface area contributed by atoms with Gasteiger partial charge in [0.1, 0.15) is 17.3 Å². The lowest BCUT2D eigenvalue weighted by Gasteiger charge is -1.99. The standard InChI is InChI=1S/C15H9FO3/c16-12-4-2-1-3-9(12)7-14-15(18)11-6-5-10(17)8-13(11)19-14/h1-8,17H/b14-7+. The number of halogens is 1. The molecule has 0 aromatic heterocycles. The molecule has 4 heteroatoms. The topological polar surface area (TPSA) is 46.5 Å². The summed E-state index contributed by atoms with van der Waals surface area (Å²) < 4.78 is 18.9. The zero-order chi connectivity index (χ0) is 13.4. The van der Waals surface area contributed by atoms with Crippen molar-refractivity contribution >= 4 is 11.9 Å². The normalized spacial score (nSPS) is 15.4. The Labute approximate surface area is 108 Å². The van der Waals surface area contributed by atoms with Crippen LogP contribution in [0.25, 0.3) is 6.08 Å². The smallest absolute Gasteiger partial charge is 0.231 e. The third-order valence-electron chi connectivity index (χ3n) is 2.85. The fourth-order valence-corrected chi connectivity index (χ4v) is 1.91. The molecule has 0 fully saturated rings. The second-order valence-corrected chi connectivity index (χ2v) is 4.14. The Morgan fingerprint density at radius 1 is 1.16 bits per heavy atom. The number of fused-ring (bicyclic) bond motifs is 1. The molecule has 19 heavy (non-hydrogen) atoms. The number of Topliss-reactive ketones (excluding diaryl/α,β-unsaturated/α-hetero) is 1. The highest BCUT2D eigenvalue weighted by Crippen LogP contribution is 2.34. The van der Waals surface area contributed by atoms with Gasteiger partial charge in [-0.3, -0.25) is 4.79 Å². The van der Waals surface area contributed by atoms with Gasteiger partial charge in [-0.05, 0) is 24.3 Å². The van der Waals surface area contributed by atoms with Crippen LogP contribution in [0.2, 0.25) is 0 Å². The largest absolute Gasteiger partial charge is 0.508 e. The number of ether oxygens (including phenoxy) is 1. The molecule has 0 amide bonds. The average molecular weight is 256 g/mol. The molecule has 0 spiro atoms. The van der Waals surface area contributed by atoms with Gasteiger partial charge in [-0.1, -0.05) is 18.2 Å². The number of hydrogen-bond acceptors (Lipinski definition) is 3. The van der Waals surface area contributed by atoms with Crippen molar-refractivity contribution in [1.82, 2.24) is 0 Å². The molecule has 2 aromatic rings. The van der Waals surface area contributed by atoms with Crippen LogP contribution < -0.4 is 4.74 Å². The van der Waals surface area contributed by atoms with E-state index in [-0.39, 0.29) is 28.6 Å². The Morgan fingerprint density at radius 2 is 1.95 bits per heavy atom. The van der Waals surface area contributed by atoms with Crippen LogP contribution in [0, 0.1) is 5.82 Å². The minimum absolute atomic E-state index is 0.0127. The second-order valence-electron chi connectivity index (χ2n) is 4.14. The summed E-state index contributed by atoms with van der Waals surface area (Å²) in [5.41, 5.74) is 0.642. The van der Waals surface area contributed by atoms with E-state index in [1.165, 1.54) is 30.3 Å². The average Bonchev–Trinajstić information content (AvgIpc) is 2.68. The van der Waals surface area contributed by atoms with E-state index in [9.17, 15) is 14.3 Å². The van der Waals surface area contributed by atoms with Crippen molar-refractivity contribution in [3.05, 3.63) is 65.2 Å². The van der Waals surface area contributed by atoms with Crippen LogP contribution in [0.15, 0.2) is 48.2 Å². The molecule has 0 saturated carbocycles. The molecule has 0 bridgehead atoms. The predicted octanol–water partition coefficient (Wildman–Crippen LogP) is 3.15. The number of carbonyl (C=O) groups is 1. The fourth-order valence-electron chi connectivity index (χ4n) is 1.91. The molecule has 0 saturated heterocycles. The van der Waals surface area contributed by atoms with Gasteiger partial charge in [0.25, 0.3) is 0 Å². The molecule has 1 aliphatic heterocycles. The molecule has 2 aromatic carbocycles. The van der Waals surface area contributed by atoms with Crippen LogP contribution >= 0.6 is 0 Å². The third kappa shape index (κ3) is 1.97. The number of ketones is 1. The summed E-state index contributed by atoms with van der Waals surface area (Å²) in [5, 5.41) is 9.33. The van der Waals surface area contributed by atoms with Gasteiger partial charge in [0.05, 0.1) is 5.56 Å². The first-order valence-corrected chi connectivity index (χ1v) is 5.67. The van der Waals surface area contributed by atoms with E-state index in [2.05, 4.69) is 0 Å². The van der Waals surface area contributed by atoms with Gasteiger partial charge in [-0.15, -0.1) is 0 Å². The van der Waals surface area contributed by atoms with Crippen molar-refractivity contribution in [3.63, 3.8) is 0 Å². The summed E-state index contributed by atoms with van der Waals surface area (Å²) in [5.74, 6) is -0.402. The first-order valence-electron chi connectivity index (χ1n) is 5.67. The number of aromatic hydroxyl groups is 1. The van der Waals surface area contributed by atoms with Crippen molar-refractivity contribution in [3.8, 4) is 11.5 Å². The maximum absolute atomic E-state index is 13.5. The Morgan fingerprint density at radius 3 is 2.74 bits per heavy atom. The van der Waals surface area contributed by atoms with Gasteiger partial charge < -0.3 is 9.84 Å². The number of benzene rings is 2. The zero-order valence-corrected chi connectivity index (χ0v) is 9.76. The number of phenols is 1. The Bertz CT molecular complexity index is 704. The van der Waals surface area contributed by atoms with Crippen molar-refractivity contribution in [2.75, 3.05) is 0 Å².